The smallest absolute Gasteiger partial charge is 0.243 e. The van der Waals surface area contributed by atoms with Gasteiger partial charge in [-0.25, -0.2) is 8.42 Å². The highest BCUT2D eigenvalue weighted by Gasteiger charge is 2.34. The summed E-state index contributed by atoms with van der Waals surface area (Å²) in [5, 5.41) is 0. The molecule has 2 saturated heterocycles. The first kappa shape index (κ1) is 20.8. The van der Waals surface area contributed by atoms with Gasteiger partial charge in [0.05, 0.1) is 4.90 Å². The summed E-state index contributed by atoms with van der Waals surface area (Å²) >= 11 is 0. The second-order valence-corrected chi connectivity index (χ2v) is 9.69. The van der Waals surface area contributed by atoms with Crippen LogP contribution in [-0.2, 0) is 19.6 Å². The Morgan fingerprint density at radius 1 is 0.893 bits per heavy atom. The zero-order chi connectivity index (χ0) is 20.5. The number of carbonyl (C=O) groups is 2. The van der Waals surface area contributed by atoms with Crippen molar-refractivity contribution in [3.63, 3.8) is 0 Å². The summed E-state index contributed by atoms with van der Waals surface area (Å²) in [6, 6.07) is 5.19. The van der Waals surface area contributed by atoms with Crippen LogP contribution >= 0.6 is 0 Å². The van der Waals surface area contributed by atoms with Gasteiger partial charge in [0.2, 0.25) is 21.8 Å². The Balaban J connectivity index is 1.59. The first-order valence-corrected chi connectivity index (χ1v) is 11.3. The number of piperidine rings is 1. The first-order valence-electron chi connectivity index (χ1n) is 9.82. The molecule has 2 fully saturated rings. The van der Waals surface area contributed by atoms with Gasteiger partial charge in [-0.05, 0) is 49.9 Å². The maximum atomic E-state index is 12.9. The van der Waals surface area contributed by atoms with E-state index in [0.29, 0.717) is 57.0 Å². The van der Waals surface area contributed by atoms with Gasteiger partial charge in [0.1, 0.15) is 0 Å². The lowest BCUT2D eigenvalue weighted by Gasteiger charge is -2.38. The van der Waals surface area contributed by atoms with Crippen molar-refractivity contribution < 1.29 is 18.0 Å². The van der Waals surface area contributed by atoms with Gasteiger partial charge in [0.15, 0.2) is 0 Å². The fraction of sp³-hybridized carbons (Fsp3) is 0.600. The summed E-state index contributed by atoms with van der Waals surface area (Å²) in [7, 11) is -3.54. The fourth-order valence-corrected chi connectivity index (χ4v) is 5.38. The molecule has 0 unspecified atom stereocenters. The van der Waals surface area contributed by atoms with E-state index in [2.05, 4.69) is 0 Å². The Kier molecular flexibility index (Phi) is 6.09. The minimum Gasteiger partial charge on any atom is -0.343 e. The van der Waals surface area contributed by atoms with Crippen molar-refractivity contribution in [3.8, 4) is 0 Å². The number of piperazine rings is 1. The molecule has 3 rings (SSSR count). The summed E-state index contributed by atoms with van der Waals surface area (Å²) < 4.78 is 27.3. The molecule has 154 valence electrons. The van der Waals surface area contributed by atoms with Crippen molar-refractivity contribution in [3.05, 3.63) is 29.3 Å². The highest BCUT2D eigenvalue weighted by atomic mass is 32.2. The second-order valence-electron chi connectivity index (χ2n) is 7.76. The number of amides is 2. The van der Waals surface area contributed by atoms with Crippen LogP contribution in [0.15, 0.2) is 23.1 Å². The number of rotatable bonds is 3. The molecule has 2 aliphatic heterocycles. The Labute approximate surface area is 167 Å². The minimum absolute atomic E-state index is 0.0519. The molecular formula is C20H29N3O4S. The van der Waals surface area contributed by atoms with E-state index in [0.717, 1.165) is 11.1 Å². The number of carbonyl (C=O) groups excluding carboxylic acids is 2. The molecule has 8 heteroatoms. The Morgan fingerprint density at radius 3 is 2.04 bits per heavy atom. The molecule has 2 aliphatic rings. The van der Waals surface area contributed by atoms with E-state index < -0.39 is 10.0 Å². The number of likely N-dealkylation sites (tertiary alicyclic amines) is 1. The van der Waals surface area contributed by atoms with Crippen LogP contribution in [0.1, 0.15) is 30.9 Å². The molecule has 7 nitrogen and oxygen atoms in total. The lowest BCUT2D eigenvalue weighted by Crippen LogP contribution is -2.53. The summed E-state index contributed by atoms with van der Waals surface area (Å²) in [6.07, 6.45) is 1.36. The topological polar surface area (TPSA) is 78.0 Å². The fourth-order valence-electron chi connectivity index (χ4n) is 3.87. The molecule has 0 saturated carbocycles. The van der Waals surface area contributed by atoms with Crippen LogP contribution in [0, 0.1) is 19.8 Å². The number of nitrogens with zero attached hydrogens (tertiary/aromatic N) is 3. The van der Waals surface area contributed by atoms with Gasteiger partial charge in [0.25, 0.3) is 0 Å². The zero-order valence-electron chi connectivity index (χ0n) is 16.8. The predicted molar refractivity (Wildman–Crippen MR) is 106 cm³/mol. The Morgan fingerprint density at radius 2 is 1.50 bits per heavy atom. The largest absolute Gasteiger partial charge is 0.343 e. The quantitative estimate of drug-likeness (QED) is 0.759. The van der Waals surface area contributed by atoms with E-state index in [-0.39, 0.29) is 17.7 Å². The third-order valence-corrected chi connectivity index (χ3v) is 7.85. The molecule has 1 aromatic rings. The van der Waals surface area contributed by atoms with E-state index in [4.69, 9.17) is 0 Å². The maximum absolute atomic E-state index is 12.9. The normalized spacial score (nSPS) is 19.7. The lowest BCUT2D eigenvalue weighted by molar-refractivity contribution is -0.141. The number of benzene rings is 1. The van der Waals surface area contributed by atoms with Crippen molar-refractivity contribution in [2.75, 3.05) is 39.3 Å². The molecule has 0 atom stereocenters. The standard InChI is InChI=1S/C20H29N3O4S/c1-15-4-5-19(14-16(15)2)28(26,27)23-12-10-22(11-13-23)20(25)18-6-8-21(9-7-18)17(3)24/h4-5,14,18H,6-13H2,1-3H3. The average Bonchev–Trinajstić information content (AvgIpc) is 2.69. The lowest BCUT2D eigenvalue weighted by atomic mass is 9.95. The summed E-state index contributed by atoms with van der Waals surface area (Å²) in [5.41, 5.74) is 2.01. The van der Waals surface area contributed by atoms with Gasteiger partial charge in [-0.1, -0.05) is 6.07 Å². The molecule has 2 heterocycles. The van der Waals surface area contributed by atoms with Gasteiger partial charge >= 0.3 is 0 Å². The number of hydrogen-bond donors (Lipinski definition) is 0. The van der Waals surface area contributed by atoms with Crippen LogP contribution in [0.2, 0.25) is 0 Å². The van der Waals surface area contributed by atoms with E-state index in [1.807, 2.05) is 19.9 Å². The van der Waals surface area contributed by atoms with Gasteiger partial charge in [-0.3, -0.25) is 9.59 Å². The van der Waals surface area contributed by atoms with E-state index in [1.54, 1.807) is 28.9 Å². The summed E-state index contributed by atoms with van der Waals surface area (Å²) in [4.78, 5) is 28.1. The first-order chi connectivity index (χ1) is 13.2. The van der Waals surface area contributed by atoms with Crippen LogP contribution < -0.4 is 0 Å². The number of sulfonamides is 1. The molecule has 1 aromatic carbocycles. The van der Waals surface area contributed by atoms with Crippen molar-refractivity contribution in [2.24, 2.45) is 5.92 Å². The SMILES string of the molecule is CC(=O)N1CCC(C(=O)N2CCN(S(=O)(=O)c3ccc(C)c(C)c3)CC2)CC1. The Bertz CT molecular complexity index is 852. The summed E-state index contributed by atoms with van der Waals surface area (Å²) in [6.45, 7) is 8.10. The molecule has 0 bridgehead atoms. The zero-order valence-corrected chi connectivity index (χ0v) is 17.7. The highest BCUT2D eigenvalue weighted by Crippen LogP contribution is 2.23. The van der Waals surface area contributed by atoms with Crippen LogP contribution in [-0.4, -0.2) is 73.6 Å². The van der Waals surface area contributed by atoms with E-state index in [1.165, 1.54) is 4.31 Å². The van der Waals surface area contributed by atoms with E-state index in [9.17, 15) is 18.0 Å². The molecule has 0 N–H and O–H groups in total. The third-order valence-electron chi connectivity index (χ3n) is 5.96. The highest BCUT2D eigenvalue weighted by molar-refractivity contribution is 7.89. The summed E-state index contributed by atoms with van der Waals surface area (Å²) in [5.74, 6) is 0.0704. The molecular weight excluding hydrogens is 378 g/mol. The predicted octanol–water partition coefficient (Wildman–Crippen LogP) is 1.39. The van der Waals surface area contributed by atoms with Crippen molar-refractivity contribution in [2.45, 2.75) is 38.5 Å². The van der Waals surface area contributed by atoms with Crippen LogP contribution in [0.25, 0.3) is 0 Å². The van der Waals surface area contributed by atoms with Crippen LogP contribution in [0.5, 0.6) is 0 Å². The van der Waals surface area contributed by atoms with Crippen LogP contribution in [0.3, 0.4) is 0 Å². The minimum atomic E-state index is -3.54. The van der Waals surface area contributed by atoms with Crippen molar-refractivity contribution >= 4 is 21.8 Å². The molecule has 2 amide bonds. The number of aryl methyl sites for hydroxylation is 2. The molecule has 0 radical (unpaired) electrons. The average molecular weight is 408 g/mol. The van der Waals surface area contributed by atoms with Gasteiger partial charge in [-0.15, -0.1) is 0 Å². The van der Waals surface area contributed by atoms with Gasteiger partial charge < -0.3 is 9.80 Å². The third kappa shape index (κ3) is 4.22. The molecule has 0 aromatic heterocycles. The maximum Gasteiger partial charge on any atom is 0.243 e. The number of hydrogen-bond acceptors (Lipinski definition) is 4. The van der Waals surface area contributed by atoms with Crippen LogP contribution in [0.4, 0.5) is 0 Å². The van der Waals surface area contributed by atoms with E-state index >= 15 is 0 Å². The monoisotopic (exact) mass is 407 g/mol. The van der Waals surface area contributed by atoms with Gasteiger partial charge in [-0.2, -0.15) is 4.31 Å². The van der Waals surface area contributed by atoms with Crippen molar-refractivity contribution in [1.82, 2.24) is 14.1 Å². The van der Waals surface area contributed by atoms with Crippen molar-refractivity contribution in [1.29, 1.82) is 0 Å². The second kappa shape index (κ2) is 8.21. The van der Waals surface area contributed by atoms with Gasteiger partial charge in [0, 0.05) is 52.1 Å². The molecule has 28 heavy (non-hydrogen) atoms. The molecule has 0 aliphatic carbocycles. The Hall–Kier alpha value is -1.93. The molecule has 0 spiro atoms.